The molecule has 6 heteroatoms. The van der Waals surface area contributed by atoms with Crippen LogP contribution in [0.15, 0.2) is 12.2 Å². The molecule has 2 saturated carbocycles. The molecule has 4 atom stereocenters. The minimum Gasteiger partial charge on any atom is -0.397 e. The van der Waals surface area contributed by atoms with Gasteiger partial charge < -0.3 is 4.43 Å². The Kier molecular flexibility index (Phi) is 4.27. The van der Waals surface area contributed by atoms with Gasteiger partial charge in [-0.1, -0.05) is 6.08 Å². The van der Waals surface area contributed by atoms with Crippen LogP contribution in [0.2, 0.25) is 19.6 Å². The lowest BCUT2D eigenvalue weighted by Crippen LogP contribution is -2.48. The Bertz CT molecular complexity index is 661. The maximum Gasteiger partial charge on any atom is 0.186 e. The molecule has 0 radical (unpaired) electrons. The summed E-state index contributed by atoms with van der Waals surface area (Å²) in [5.41, 5.74) is -1.15. The highest BCUT2D eigenvalue weighted by Gasteiger charge is 2.69. The standard InChI is InChI=1S/C19H27NO2S2Si/c1-25(2,3)22-17(13-20)7-8-18-14(11-17)12-19(23-9-4-10-24-19)15(18)5-6-16(18)21/h7-8,14-15H,4-6,9-12H2,1-3H3/t14-,15+,17+,18+/m0/s1. The number of ketones is 1. The Balaban J connectivity index is 1.74. The average Bonchev–Trinajstić information content (AvgIpc) is 3.01. The highest BCUT2D eigenvalue weighted by molar-refractivity contribution is 8.18. The first-order chi connectivity index (χ1) is 11.8. The summed E-state index contributed by atoms with van der Waals surface area (Å²) < 4.78 is 6.53. The van der Waals surface area contributed by atoms with Crippen molar-refractivity contribution in [3.63, 3.8) is 0 Å². The number of thioether (sulfide) groups is 2. The number of hydrogen-bond donors (Lipinski definition) is 0. The predicted octanol–water partition coefficient (Wildman–Crippen LogP) is 4.61. The van der Waals surface area contributed by atoms with E-state index in [1.165, 1.54) is 17.9 Å². The van der Waals surface area contributed by atoms with Gasteiger partial charge in [0.05, 0.1) is 9.49 Å². The maximum absolute atomic E-state index is 13.0. The zero-order valence-electron chi connectivity index (χ0n) is 15.3. The highest BCUT2D eigenvalue weighted by atomic mass is 32.2. The SMILES string of the molecule is C[Si](C)(C)O[C@]1(C#N)C=C[C@]23C(=O)CC[C@H]2C2(C[C@@H]3C1)SCCCS2. The third-order valence-corrected chi connectivity index (χ3v) is 10.8. The van der Waals surface area contributed by atoms with Crippen molar-refractivity contribution in [2.24, 2.45) is 17.3 Å². The molecule has 1 saturated heterocycles. The lowest BCUT2D eigenvalue weighted by atomic mass is 9.65. The Morgan fingerprint density at radius 2 is 1.96 bits per heavy atom. The van der Waals surface area contributed by atoms with E-state index in [2.05, 4.69) is 55.3 Å². The molecule has 25 heavy (non-hydrogen) atoms. The molecular weight excluding hydrogens is 366 g/mol. The van der Waals surface area contributed by atoms with Crippen LogP contribution in [0.25, 0.3) is 0 Å². The van der Waals surface area contributed by atoms with Gasteiger partial charge in [-0.15, -0.1) is 23.5 Å². The third kappa shape index (κ3) is 2.69. The molecule has 2 spiro atoms. The van der Waals surface area contributed by atoms with Gasteiger partial charge >= 0.3 is 0 Å². The van der Waals surface area contributed by atoms with Gasteiger partial charge in [-0.05, 0) is 74.7 Å². The quantitative estimate of drug-likeness (QED) is 0.506. The summed E-state index contributed by atoms with van der Waals surface area (Å²) in [6.45, 7) is 6.41. The highest BCUT2D eigenvalue weighted by Crippen LogP contribution is 2.71. The van der Waals surface area contributed by atoms with E-state index in [0.29, 0.717) is 24.5 Å². The van der Waals surface area contributed by atoms with Crippen molar-refractivity contribution in [1.29, 1.82) is 5.26 Å². The smallest absolute Gasteiger partial charge is 0.186 e. The number of rotatable bonds is 2. The predicted molar refractivity (Wildman–Crippen MR) is 107 cm³/mol. The summed E-state index contributed by atoms with van der Waals surface area (Å²) in [5, 5.41) is 9.93. The van der Waals surface area contributed by atoms with Crippen LogP contribution in [0.4, 0.5) is 0 Å². The molecule has 3 aliphatic carbocycles. The van der Waals surface area contributed by atoms with E-state index in [-0.39, 0.29) is 15.4 Å². The van der Waals surface area contributed by atoms with Crippen molar-refractivity contribution < 1.29 is 9.22 Å². The minimum atomic E-state index is -1.85. The van der Waals surface area contributed by atoms with Gasteiger partial charge in [-0.3, -0.25) is 4.79 Å². The van der Waals surface area contributed by atoms with Crippen LogP contribution in [0.1, 0.15) is 32.1 Å². The molecular formula is C19H27NO2S2Si. The van der Waals surface area contributed by atoms with Gasteiger partial charge in [-0.25, -0.2) is 0 Å². The lowest BCUT2D eigenvalue weighted by Gasteiger charge is -2.43. The van der Waals surface area contributed by atoms with Crippen molar-refractivity contribution in [3.05, 3.63) is 12.2 Å². The molecule has 0 amide bonds. The van der Waals surface area contributed by atoms with Crippen molar-refractivity contribution in [3.8, 4) is 6.07 Å². The van der Waals surface area contributed by atoms with Crippen LogP contribution >= 0.6 is 23.5 Å². The van der Waals surface area contributed by atoms with Gasteiger partial charge in [-0.2, -0.15) is 5.26 Å². The third-order valence-electron chi connectivity index (χ3n) is 6.29. The minimum absolute atomic E-state index is 0.185. The van der Waals surface area contributed by atoms with E-state index in [4.69, 9.17) is 4.43 Å². The van der Waals surface area contributed by atoms with Crippen molar-refractivity contribution in [1.82, 2.24) is 0 Å². The first kappa shape index (κ1) is 18.2. The van der Waals surface area contributed by atoms with E-state index in [9.17, 15) is 10.1 Å². The van der Waals surface area contributed by atoms with Crippen molar-refractivity contribution in [2.45, 2.75) is 61.4 Å². The van der Waals surface area contributed by atoms with Gasteiger partial charge in [0.1, 0.15) is 11.9 Å². The largest absolute Gasteiger partial charge is 0.397 e. The second kappa shape index (κ2) is 5.89. The second-order valence-corrected chi connectivity index (χ2v) is 16.5. The molecule has 1 aliphatic heterocycles. The average molecular weight is 394 g/mol. The molecule has 0 N–H and O–H groups in total. The molecule has 4 rings (SSSR count). The lowest BCUT2D eigenvalue weighted by molar-refractivity contribution is -0.127. The van der Waals surface area contributed by atoms with Crippen LogP contribution in [-0.2, 0) is 9.22 Å². The summed E-state index contributed by atoms with van der Waals surface area (Å²) in [6, 6.07) is 2.47. The second-order valence-electron chi connectivity index (χ2n) is 8.96. The summed E-state index contributed by atoms with van der Waals surface area (Å²) in [6.07, 6.45) is 8.85. The first-order valence-electron chi connectivity index (χ1n) is 9.38. The number of nitriles is 1. The van der Waals surface area contributed by atoms with Crippen LogP contribution in [-0.4, -0.2) is 35.3 Å². The molecule has 4 aliphatic rings. The number of allylic oxidation sites excluding steroid dienone is 1. The van der Waals surface area contributed by atoms with Crippen LogP contribution < -0.4 is 0 Å². The van der Waals surface area contributed by atoms with E-state index >= 15 is 0 Å². The molecule has 3 fully saturated rings. The van der Waals surface area contributed by atoms with E-state index in [1.807, 2.05) is 6.08 Å². The number of nitrogens with zero attached hydrogens (tertiary/aromatic N) is 1. The van der Waals surface area contributed by atoms with Crippen LogP contribution in [0, 0.1) is 28.6 Å². The summed E-state index contributed by atoms with van der Waals surface area (Å²) in [7, 11) is -1.85. The van der Waals surface area contributed by atoms with E-state index < -0.39 is 13.9 Å². The number of fused-ring (bicyclic) bond motifs is 1. The molecule has 136 valence electrons. The number of carbonyl (C=O) groups is 1. The van der Waals surface area contributed by atoms with Crippen molar-refractivity contribution >= 4 is 37.6 Å². The first-order valence-corrected chi connectivity index (χ1v) is 14.8. The Hall–Kier alpha value is -0.223. The van der Waals surface area contributed by atoms with Crippen LogP contribution in [0.3, 0.4) is 0 Å². The van der Waals surface area contributed by atoms with E-state index in [1.54, 1.807) is 0 Å². The Labute approximate surface area is 160 Å². The summed E-state index contributed by atoms with van der Waals surface area (Å²) in [4.78, 5) is 13.0. The topological polar surface area (TPSA) is 50.1 Å². The van der Waals surface area contributed by atoms with Gasteiger partial charge in [0.15, 0.2) is 13.9 Å². The van der Waals surface area contributed by atoms with Gasteiger partial charge in [0.25, 0.3) is 0 Å². The number of carbonyl (C=O) groups excluding carboxylic acids is 1. The van der Waals surface area contributed by atoms with Gasteiger partial charge in [0.2, 0.25) is 0 Å². The maximum atomic E-state index is 13.0. The molecule has 0 unspecified atom stereocenters. The molecule has 1 heterocycles. The zero-order chi connectivity index (χ0) is 17.9. The normalized spacial score (nSPS) is 42.2. The molecule has 0 bridgehead atoms. The Morgan fingerprint density at radius 1 is 1.24 bits per heavy atom. The van der Waals surface area contributed by atoms with Gasteiger partial charge in [0, 0.05) is 6.42 Å². The van der Waals surface area contributed by atoms with Crippen LogP contribution in [0.5, 0.6) is 0 Å². The fourth-order valence-corrected chi connectivity index (χ4v) is 10.8. The monoisotopic (exact) mass is 393 g/mol. The van der Waals surface area contributed by atoms with E-state index in [0.717, 1.165) is 12.8 Å². The fourth-order valence-electron chi connectivity index (χ4n) is 5.61. The van der Waals surface area contributed by atoms with Crippen molar-refractivity contribution in [2.75, 3.05) is 11.5 Å². The number of hydrogen-bond acceptors (Lipinski definition) is 5. The summed E-state index contributed by atoms with van der Waals surface area (Å²) >= 11 is 4.19. The molecule has 0 aromatic rings. The number of Topliss-reactive ketones (excluding diaryl/α,β-unsaturated/α-hetero) is 1. The molecule has 0 aromatic carbocycles. The molecule has 3 nitrogen and oxygen atoms in total. The fraction of sp³-hybridized carbons (Fsp3) is 0.789. The molecule has 0 aromatic heterocycles. The Morgan fingerprint density at radius 3 is 2.60 bits per heavy atom. The summed E-state index contributed by atoms with van der Waals surface area (Å²) in [5.74, 6) is 3.53. The zero-order valence-corrected chi connectivity index (χ0v) is 18.0.